The lowest BCUT2D eigenvalue weighted by Crippen LogP contribution is -2.39. The first-order chi connectivity index (χ1) is 12.2. The lowest BCUT2D eigenvalue weighted by molar-refractivity contribution is 0.0849. The highest BCUT2D eigenvalue weighted by molar-refractivity contribution is 5.72. The van der Waals surface area contributed by atoms with E-state index < -0.39 is 5.82 Å². The number of nitrogens with zero attached hydrogens (tertiary/aromatic N) is 4. The van der Waals surface area contributed by atoms with Crippen molar-refractivity contribution in [1.82, 2.24) is 15.0 Å². The van der Waals surface area contributed by atoms with E-state index in [9.17, 15) is 4.39 Å². The zero-order valence-electron chi connectivity index (χ0n) is 13.8. The molecular formula is C16H19FN6O2. The van der Waals surface area contributed by atoms with E-state index in [2.05, 4.69) is 30.5 Å². The third kappa shape index (κ3) is 3.14. The highest BCUT2D eigenvalue weighted by Crippen LogP contribution is 2.34. The molecule has 0 amide bonds. The van der Waals surface area contributed by atoms with Crippen molar-refractivity contribution in [2.45, 2.75) is 18.9 Å². The van der Waals surface area contributed by atoms with E-state index in [4.69, 9.17) is 9.47 Å². The maximum Gasteiger partial charge on any atom is 0.237 e. The maximum absolute atomic E-state index is 13.5. The van der Waals surface area contributed by atoms with Crippen LogP contribution >= 0.6 is 0 Å². The highest BCUT2D eigenvalue weighted by Gasteiger charge is 2.29. The molecule has 0 aromatic carbocycles. The fourth-order valence-electron chi connectivity index (χ4n) is 3.12. The molecule has 1 fully saturated rings. The van der Waals surface area contributed by atoms with Crippen molar-refractivity contribution in [3.8, 4) is 5.88 Å². The van der Waals surface area contributed by atoms with Crippen molar-refractivity contribution < 1.29 is 13.9 Å². The van der Waals surface area contributed by atoms with Gasteiger partial charge in [0.25, 0.3) is 0 Å². The van der Waals surface area contributed by atoms with Crippen LogP contribution in [0.3, 0.4) is 0 Å². The van der Waals surface area contributed by atoms with Gasteiger partial charge in [-0.25, -0.2) is 14.4 Å². The van der Waals surface area contributed by atoms with E-state index in [1.54, 1.807) is 6.20 Å². The normalized spacial score (nSPS) is 17.1. The van der Waals surface area contributed by atoms with Crippen LogP contribution in [0, 0.1) is 5.82 Å². The molecule has 0 spiro atoms. The number of methoxy groups -OCH3 is 1. The van der Waals surface area contributed by atoms with Crippen LogP contribution in [-0.4, -0.2) is 48.0 Å². The van der Waals surface area contributed by atoms with Gasteiger partial charge in [0.1, 0.15) is 11.5 Å². The summed E-state index contributed by atoms with van der Waals surface area (Å²) in [7, 11) is 1.48. The molecular weight excluding hydrogens is 327 g/mol. The van der Waals surface area contributed by atoms with Gasteiger partial charge in [-0.1, -0.05) is 0 Å². The number of hydrogen-bond acceptors (Lipinski definition) is 8. The molecule has 2 aromatic heterocycles. The highest BCUT2D eigenvalue weighted by atomic mass is 19.1. The first-order valence-electron chi connectivity index (χ1n) is 8.16. The molecule has 132 valence electrons. The van der Waals surface area contributed by atoms with Crippen molar-refractivity contribution in [1.29, 1.82) is 0 Å². The molecule has 25 heavy (non-hydrogen) atoms. The fraction of sp³-hybridized carbons (Fsp3) is 0.438. The average Bonchev–Trinajstić information content (AvgIpc) is 3.06. The molecule has 0 unspecified atom stereocenters. The Morgan fingerprint density at radius 3 is 2.96 bits per heavy atom. The van der Waals surface area contributed by atoms with Gasteiger partial charge in [-0.15, -0.1) is 0 Å². The van der Waals surface area contributed by atoms with Gasteiger partial charge < -0.3 is 25.0 Å². The Morgan fingerprint density at radius 2 is 2.16 bits per heavy atom. The van der Waals surface area contributed by atoms with Gasteiger partial charge in [0.15, 0.2) is 5.82 Å². The summed E-state index contributed by atoms with van der Waals surface area (Å²) in [5, 5.41) is 6.29. The Hall–Kier alpha value is -2.68. The average molecular weight is 346 g/mol. The van der Waals surface area contributed by atoms with Gasteiger partial charge in [-0.3, -0.25) is 0 Å². The molecule has 8 nitrogen and oxygen atoms in total. The summed E-state index contributed by atoms with van der Waals surface area (Å²) >= 11 is 0. The number of pyridine rings is 1. The second-order valence-electron chi connectivity index (χ2n) is 5.91. The molecule has 4 heterocycles. The minimum absolute atomic E-state index is 0.282. The number of hydrogen-bond donors (Lipinski definition) is 2. The number of nitrogens with one attached hydrogen (secondary N) is 2. The van der Waals surface area contributed by atoms with Gasteiger partial charge in [0.05, 0.1) is 31.9 Å². The van der Waals surface area contributed by atoms with Crippen LogP contribution in [0.25, 0.3) is 0 Å². The lowest BCUT2D eigenvalue weighted by Gasteiger charge is -2.31. The van der Waals surface area contributed by atoms with Crippen LogP contribution in [0.1, 0.15) is 12.8 Å². The molecule has 2 aliphatic rings. The smallest absolute Gasteiger partial charge is 0.237 e. The first kappa shape index (κ1) is 15.8. The molecule has 2 N–H and O–H groups in total. The standard InChI is InChI=1S/C16H19FN6O2/c1-24-15-12(6-10(17)7-18-15)21-16-19-8-13-14(22-16)23(9-20-13)11-2-4-25-5-3-11/h6-8,11,20H,2-5,9H2,1H3,(H,19,21,22). The minimum atomic E-state index is -0.463. The number of ether oxygens (including phenoxy) is 2. The fourth-order valence-corrected chi connectivity index (χ4v) is 3.12. The summed E-state index contributed by atoms with van der Waals surface area (Å²) in [4.78, 5) is 15.0. The third-order valence-electron chi connectivity index (χ3n) is 4.37. The topological polar surface area (TPSA) is 84.4 Å². The Bertz CT molecular complexity index is 768. The Labute approximate surface area is 144 Å². The molecule has 1 saturated heterocycles. The maximum atomic E-state index is 13.5. The van der Waals surface area contributed by atoms with E-state index in [0.29, 0.717) is 24.3 Å². The molecule has 0 bridgehead atoms. The summed E-state index contributed by atoms with van der Waals surface area (Å²) in [6.07, 6.45) is 4.76. The van der Waals surface area contributed by atoms with E-state index in [1.807, 2.05) is 0 Å². The largest absolute Gasteiger partial charge is 0.480 e. The van der Waals surface area contributed by atoms with Gasteiger partial charge in [0, 0.05) is 25.3 Å². The molecule has 0 saturated carbocycles. The van der Waals surface area contributed by atoms with Crippen molar-refractivity contribution in [2.24, 2.45) is 0 Å². The number of fused-ring (bicyclic) bond motifs is 1. The predicted molar refractivity (Wildman–Crippen MR) is 90.9 cm³/mol. The number of aromatic nitrogens is 3. The van der Waals surface area contributed by atoms with Crippen molar-refractivity contribution >= 4 is 23.1 Å². The molecule has 2 aromatic rings. The first-order valence-corrected chi connectivity index (χ1v) is 8.16. The third-order valence-corrected chi connectivity index (χ3v) is 4.37. The Morgan fingerprint density at radius 1 is 1.32 bits per heavy atom. The van der Waals surface area contributed by atoms with Crippen molar-refractivity contribution in [3.05, 3.63) is 24.3 Å². The zero-order valence-corrected chi connectivity index (χ0v) is 13.8. The molecule has 0 aliphatic carbocycles. The molecule has 0 radical (unpaired) electrons. The second kappa shape index (κ2) is 6.67. The SMILES string of the molecule is COc1ncc(F)cc1Nc1ncc2c(n1)N(C1CCOCC1)CN2. The summed E-state index contributed by atoms with van der Waals surface area (Å²) in [5.74, 6) is 1.03. The van der Waals surface area contributed by atoms with Gasteiger partial charge >= 0.3 is 0 Å². The van der Waals surface area contributed by atoms with E-state index in [-0.39, 0.29) is 5.88 Å². The van der Waals surface area contributed by atoms with Crippen LogP contribution in [-0.2, 0) is 4.74 Å². The van der Waals surface area contributed by atoms with Crippen molar-refractivity contribution in [2.75, 3.05) is 42.5 Å². The summed E-state index contributed by atoms with van der Waals surface area (Å²) < 4.78 is 24.1. The Balaban J connectivity index is 1.60. The summed E-state index contributed by atoms with van der Waals surface area (Å²) in [6, 6.07) is 1.69. The summed E-state index contributed by atoms with van der Waals surface area (Å²) in [5.41, 5.74) is 1.27. The van der Waals surface area contributed by atoms with Gasteiger partial charge in [-0.05, 0) is 12.8 Å². The van der Waals surface area contributed by atoms with E-state index in [1.165, 1.54) is 13.2 Å². The van der Waals surface area contributed by atoms with E-state index in [0.717, 1.165) is 43.8 Å². The quantitative estimate of drug-likeness (QED) is 0.871. The number of anilines is 4. The molecule has 0 atom stereocenters. The molecule has 2 aliphatic heterocycles. The zero-order chi connectivity index (χ0) is 17.2. The second-order valence-corrected chi connectivity index (χ2v) is 5.91. The monoisotopic (exact) mass is 346 g/mol. The Kier molecular flexibility index (Phi) is 4.22. The molecule has 9 heteroatoms. The van der Waals surface area contributed by atoms with Crippen LogP contribution < -0.4 is 20.3 Å². The minimum Gasteiger partial charge on any atom is -0.480 e. The van der Waals surface area contributed by atoms with Crippen LogP contribution in [0.5, 0.6) is 5.88 Å². The van der Waals surface area contributed by atoms with Crippen LogP contribution in [0.4, 0.5) is 27.5 Å². The number of rotatable bonds is 4. The van der Waals surface area contributed by atoms with Crippen molar-refractivity contribution in [3.63, 3.8) is 0 Å². The predicted octanol–water partition coefficient (Wildman–Crippen LogP) is 2.13. The van der Waals surface area contributed by atoms with Crippen LogP contribution in [0.15, 0.2) is 18.5 Å². The number of halogens is 1. The lowest BCUT2D eigenvalue weighted by atomic mass is 10.1. The summed E-state index contributed by atoms with van der Waals surface area (Å²) in [6.45, 7) is 2.22. The van der Waals surface area contributed by atoms with Gasteiger partial charge in [-0.2, -0.15) is 4.98 Å². The van der Waals surface area contributed by atoms with Gasteiger partial charge in [0.2, 0.25) is 11.8 Å². The van der Waals surface area contributed by atoms with Crippen LogP contribution in [0.2, 0.25) is 0 Å². The molecule has 4 rings (SSSR count). The van der Waals surface area contributed by atoms with E-state index >= 15 is 0 Å².